The van der Waals surface area contributed by atoms with Gasteiger partial charge in [-0.2, -0.15) is 0 Å². The minimum Gasteiger partial charge on any atom is -0.503 e. The lowest BCUT2D eigenvalue weighted by Crippen LogP contribution is -2.30. The van der Waals surface area contributed by atoms with E-state index in [1.807, 2.05) is 6.92 Å². The summed E-state index contributed by atoms with van der Waals surface area (Å²) in [6, 6.07) is 4.20. The Kier molecular flexibility index (Phi) is 5.87. The molecule has 0 radical (unpaired) electrons. The van der Waals surface area contributed by atoms with Crippen LogP contribution in [0.1, 0.15) is 40.9 Å². The minimum atomic E-state index is -0.353. The molecule has 144 valence electrons. The van der Waals surface area contributed by atoms with Gasteiger partial charge in [0.25, 0.3) is 0 Å². The Morgan fingerprint density at radius 2 is 1.81 bits per heavy atom. The standard InChI is InChI=1S/C21H24Cl2N2O2/c1-12-7-8-15(24-14(12)3)6-4-5-13(2)25-10-9-16-17(11-25)19(23)21(27)20(26)18(16)22/h7-8,26-27H,2,4-6,9-11H2,1,3H3. The first-order valence-electron chi connectivity index (χ1n) is 9.06. The molecule has 0 amide bonds. The molecule has 27 heavy (non-hydrogen) atoms. The van der Waals surface area contributed by atoms with Crippen molar-refractivity contribution in [2.75, 3.05) is 6.54 Å². The van der Waals surface area contributed by atoms with Crippen molar-refractivity contribution in [3.8, 4) is 11.5 Å². The van der Waals surface area contributed by atoms with Crippen LogP contribution < -0.4 is 0 Å². The number of phenolic OH excluding ortho intramolecular Hbond substituents is 2. The molecule has 3 rings (SSSR count). The summed E-state index contributed by atoms with van der Waals surface area (Å²) < 4.78 is 0. The average Bonchev–Trinajstić information content (AvgIpc) is 2.66. The summed E-state index contributed by atoms with van der Waals surface area (Å²) in [5.41, 5.74) is 5.99. The molecular formula is C21H24Cl2N2O2. The monoisotopic (exact) mass is 406 g/mol. The molecule has 2 heterocycles. The summed E-state index contributed by atoms with van der Waals surface area (Å²) in [6.45, 7) is 9.61. The van der Waals surface area contributed by atoms with Gasteiger partial charge in [0.05, 0.1) is 10.0 Å². The maximum Gasteiger partial charge on any atom is 0.178 e. The van der Waals surface area contributed by atoms with Crippen LogP contribution in [0.5, 0.6) is 11.5 Å². The molecule has 2 N–H and O–H groups in total. The smallest absolute Gasteiger partial charge is 0.178 e. The van der Waals surface area contributed by atoms with Crippen LogP contribution in [0.2, 0.25) is 10.0 Å². The third-order valence-corrected chi connectivity index (χ3v) is 6.08. The Morgan fingerprint density at radius 3 is 2.48 bits per heavy atom. The van der Waals surface area contributed by atoms with Crippen molar-refractivity contribution in [3.63, 3.8) is 0 Å². The summed E-state index contributed by atoms with van der Waals surface area (Å²) in [4.78, 5) is 6.79. The molecule has 4 nitrogen and oxygen atoms in total. The summed E-state index contributed by atoms with van der Waals surface area (Å²) in [5, 5.41) is 20.2. The molecule has 0 saturated heterocycles. The fraction of sp³-hybridized carbons (Fsp3) is 0.381. The van der Waals surface area contributed by atoms with Gasteiger partial charge in [0.1, 0.15) is 0 Å². The predicted octanol–water partition coefficient (Wildman–Crippen LogP) is 5.31. The molecule has 0 spiro atoms. The zero-order valence-corrected chi connectivity index (χ0v) is 17.2. The van der Waals surface area contributed by atoms with Gasteiger partial charge in [0.15, 0.2) is 11.5 Å². The number of fused-ring (bicyclic) bond motifs is 1. The summed E-state index contributed by atoms with van der Waals surface area (Å²) in [5.74, 6) is -0.692. The van der Waals surface area contributed by atoms with E-state index < -0.39 is 0 Å². The highest BCUT2D eigenvalue weighted by molar-refractivity contribution is 6.36. The van der Waals surface area contributed by atoms with Crippen molar-refractivity contribution in [2.24, 2.45) is 0 Å². The first-order valence-corrected chi connectivity index (χ1v) is 9.81. The van der Waals surface area contributed by atoms with Crippen LogP contribution in [-0.2, 0) is 19.4 Å². The van der Waals surface area contributed by atoms with E-state index >= 15 is 0 Å². The van der Waals surface area contributed by atoms with E-state index in [9.17, 15) is 10.2 Å². The largest absolute Gasteiger partial charge is 0.503 e. The lowest BCUT2D eigenvalue weighted by Gasteiger charge is -2.33. The summed E-state index contributed by atoms with van der Waals surface area (Å²) in [7, 11) is 0. The van der Waals surface area contributed by atoms with Crippen LogP contribution in [0, 0.1) is 13.8 Å². The number of hydrogen-bond acceptors (Lipinski definition) is 4. The number of pyridine rings is 1. The van der Waals surface area contributed by atoms with E-state index in [1.165, 1.54) is 5.56 Å². The minimum absolute atomic E-state index is 0.170. The number of aromatic hydroxyl groups is 2. The molecule has 0 aliphatic carbocycles. The molecule has 0 saturated carbocycles. The van der Waals surface area contributed by atoms with Crippen molar-refractivity contribution in [3.05, 3.63) is 62.5 Å². The van der Waals surface area contributed by atoms with Gasteiger partial charge >= 0.3 is 0 Å². The predicted molar refractivity (Wildman–Crippen MR) is 110 cm³/mol. The van der Waals surface area contributed by atoms with Crippen LogP contribution in [0.15, 0.2) is 24.4 Å². The van der Waals surface area contributed by atoms with E-state index in [0.717, 1.165) is 54.0 Å². The van der Waals surface area contributed by atoms with E-state index in [0.29, 0.717) is 13.0 Å². The SMILES string of the molecule is C=C(CCCc1ccc(C)c(C)n1)N1CCc2c(Cl)c(O)c(O)c(Cl)c2C1. The van der Waals surface area contributed by atoms with E-state index in [2.05, 4.69) is 35.5 Å². The second-order valence-corrected chi connectivity index (χ2v) is 7.83. The first kappa shape index (κ1) is 19.8. The van der Waals surface area contributed by atoms with Crippen molar-refractivity contribution >= 4 is 23.2 Å². The van der Waals surface area contributed by atoms with Gasteiger partial charge in [0.2, 0.25) is 0 Å². The lowest BCUT2D eigenvalue weighted by molar-refractivity contribution is 0.308. The maximum absolute atomic E-state index is 9.96. The summed E-state index contributed by atoms with van der Waals surface area (Å²) >= 11 is 12.4. The molecule has 1 aromatic heterocycles. The van der Waals surface area contributed by atoms with Gasteiger partial charge < -0.3 is 15.1 Å². The van der Waals surface area contributed by atoms with Crippen molar-refractivity contribution < 1.29 is 10.2 Å². The van der Waals surface area contributed by atoms with Crippen molar-refractivity contribution in [1.82, 2.24) is 9.88 Å². The van der Waals surface area contributed by atoms with Gasteiger partial charge in [-0.1, -0.05) is 35.8 Å². The number of benzene rings is 1. The van der Waals surface area contributed by atoms with Crippen LogP contribution in [0.25, 0.3) is 0 Å². The molecule has 2 aromatic rings. The molecule has 0 unspecified atom stereocenters. The molecule has 0 atom stereocenters. The second kappa shape index (κ2) is 7.99. The van der Waals surface area contributed by atoms with Gasteiger partial charge in [-0.05, 0) is 62.3 Å². The number of allylic oxidation sites excluding steroid dienone is 1. The average molecular weight is 407 g/mol. The fourth-order valence-electron chi connectivity index (χ4n) is 3.42. The van der Waals surface area contributed by atoms with Crippen LogP contribution >= 0.6 is 23.2 Å². The number of rotatable bonds is 5. The topological polar surface area (TPSA) is 56.6 Å². The van der Waals surface area contributed by atoms with Crippen molar-refractivity contribution in [1.29, 1.82) is 0 Å². The quantitative estimate of drug-likeness (QED) is 0.660. The zero-order chi connectivity index (χ0) is 19.7. The highest BCUT2D eigenvalue weighted by Gasteiger charge is 2.27. The molecule has 1 aromatic carbocycles. The Morgan fingerprint density at radius 1 is 1.15 bits per heavy atom. The molecule has 1 aliphatic heterocycles. The van der Waals surface area contributed by atoms with E-state index in [4.69, 9.17) is 23.2 Å². The second-order valence-electron chi connectivity index (χ2n) is 7.08. The van der Waals surface area contributed by atoms with Gasteiger partial charge in [-0.25, -0.2) is 0 Å². The van der Waals surface area contributed by atoms with Gasteiger partial charge in [-0.15, -0.1) is 0 Å². The van der Waals surface area contributed by atoms with Crippen molar-refractivity contribution in [2.45, 2.75) is 46.1 Å². The van der Waals surface area contributed by atoms with Crippen LogP contribution in [0.3, 0.4) is 0 Å². The lowest BCUT2D eigenvalue weighted by atomic mass is 9.97. The molecule has 1 aliphatic rings. The van der Waals surface area contributed by atoms with Gasteiger partial charge in [0, 0.05) is 30.2 Å². The van der Waals surface area contributed by atoms with E-state index in [-0.39, 0.29) is 21.5 Å². The fourth-order valence-corrected chi connectivity index (χ4v) is 3.99. The number of aromatic nitrogens is 1. The molecule has 0 fully saturated rings. The highest BCUT2D eigenvalue weighted by Crippen LogP contribution is 2.46. The Bertz CT molecular complexity index is 896. The molecule has 0 bridgehead atoms. The van der Waals surface area contributed by atoms with E-state index in [1.54, 1.807) is 0 Å². The third kappa shape index (κ3) is 4.02. The van der Waals surface area contributed by atoms with Crippen LogP contribution in [-0.4, -0.2) is 26.6 Å². The Hall–Kier alpha value is -1.91. The maximum atomic E-state index is 9.96. The zero-order valence-electron chi connectivity index (χ0n) is 15.6. The Labute approximate surface area is 170 Å². The number of phenols is 2. The Balaban J connectivity index is 1.63. The van der Waals surface area contributed by atoms with Crippen LogP contribution in [0.4, 0.5) is 0 Å². The first-order chi connectivity index (χ1) is 12.8. The highest BCUT2D eigenvalue weighted by atomic mass is 35.5. The number of hydrogen-bond donors (Lipinski definition) is 2. The van der Waals surface area contributed by atoms with Gasteiger partial charge in [-0.3, -0.25) is 4.98 Å². The molecular weight excluding hydrogens is 383 g/mol. The molecule has 6 heteroatoms. The summed E-state index contributed by atoms with van der Waals surface area (Å²) in [6.07, 6.45) is 3.39. The number of aryl methyl sites for hydroxylation is 3. The third-order valence-electron chi connectivity index (χ3n) is 5.27. The number of nitrogens with zero attached hydrogens (tertiary/aromatic N) is 2. The number of halogens is 2. The normalized spacial score (nSPS) is 13.6.